The first-order valence-corrected chi connectivity index (χ1v) is 4.93. The molecule has 0 rings (SSSR count). The van der Waals surface area contributed by atoms with Crippen molar-refractivity contribution >= 4 is 10.0 Å². The summed E-state index contributed by atoms with van der Waals surface area (Å²) in [4.78, 5) is 0. The summed E-state index contributed by atoms with van der Waals surface area (Å²) in [5.41, 5.74) is 0. The van der Waals surface area contributed by atoms with Gasteiger partial charge >= 0.3 is 0 Å². The fourth-order valence-electron chi connectivity index (χ4n) is 0.390. The average molecular weight is 183 g/mol. The van der Waals surface area contributed by atoms with E-state index in [-0.39, 0.29) is 12.3 Å². The Labute approximate surface area is 66.1 Å². The summed E-state index contributed by atoms with van der Waals surface area (Å²) in [6.45, 7) is 0.923. The second-order valence-corrected chi connectivity index (χ2v) is 4.18. The van der Waals surface area contributed by atoms with E-state index in [1.807, 2.05) is 0 Å². The summed E-state index contributed by atoms with van der Waals surface area (Å²) < 4.78 is 23.6. The summed E-state index contributed by atoms with van der Waals surface area (Å²) in [7, 11) is -3.25. The highest BCUT2D eigenvalue weighted by Crippen LogP contribution is 1.84. The smallest absolute Gasteiger partial charge is 0.211 e. The molecule has 0 spiro atoms. The molecule has 5 nitrogen and oxygen atoms in total. The minimum atomic E-state index is -3.25. The van der Waals surface area contributed by atoms with Crippen molar-refractivity contribution < 1.29 is 18.6 Å². The second kappa shape index (κ2) is 4.66. The monoisotopic (exact) mass is 183 g/mol. The first-order chi connectivity index (χ1) is 5.02. The van der Waals surface area contributed by atoms with Crippen LogP contribution in [-0.2, 0) is 10.0 Å². The molecule has 0 saturated carbocycles. The van der Waals surface area contributed by atoms with Crippen LogP contribution in [0.3, 0.4) is 0 Å². The van der Waals surface area contributed by atoms with Crippen molar-refractivity contribution in [2.75, 3.05) is 18.9 Å². The molecular weight excluding hydrogens is 170 g/mol. The molecule has 0 heterocycles. The molecule has 68 valence electrons. The van der Waals surface area contributed by atoms with E-state index >= 15 is 0 Å². The first kappa shape index (κ1) is 10.8. The van der Waals surface area contributed by atoms with Crippen LogP contribution in [0.1, 0.15) is 6.92 Å². The zero-order chi connectivity index (χ0) is 8.91. The van der Waals surface area contributed by atoms with Crippen LogP contribution in [0.15, 0.2) is 0 Å². The van der Waals surface area contributed by atoms with Crippen molar-refractivity contribution in [2.45, 2.75) is 13.0 Å². The van der Waals surface area contributed by atoms with Crippen molar-refractivity contribution in [3.8, 4) is 0 Å². The maximum Gasteiger partial charge on any atom is 0.211 e. The summed E-state index contributed by atoms with van der Waals surface area (Å²) in [6.07, 6.45) is -1.02. The van der Waals surface area contributed by atoms with Crippen molar-refractivity contribution in [2.24, 2.45) is 0 Å². The third-order valence-electron chi connectivity index (χ3n) is 1.13. The molecule has 0 aromatic rings. The van der Waals surface area contributed by atoms with Gasteiger partial charge in [-0.15, -0.1) is 0 Å². The number of aliphatic hydroxyl groups excluding tert-OH is 2. The van der Waals surface area contributed by atoms with Gasteiger partial charge in [-0.1, -0.05) is 0 Å². The number of rotatable bonds is 5. The second-order valence-electron chi connectivity index (χ2n) is 2.09. The molecule has 0 aliphatic rings. The third kappa shape index (κ3) is 5.14. The number of hydrogen-bond acceptors (Lipinski definition) is 4. The van der Waals surface area contributed by atoms with Crippen molar-refractivity contribution in [3.05, 3.63) is 0 Å². The van der Waals surface area contributed by atoms with Gasteiger partial charge in [0.1, 0.15) is 0 Å². The molecule has 11 heavy (non-hydrogen) atoms. The molecule has 0 saturated heterocycles. The Morgan fingerprint density at radius 3 is 2.45 bits per heavy atom. The van der Waals surface area contributed by atoms with E-state index in [4.69, 9.17) is 10.2 Å². The molecule has 0 radical (unpaired) electrons. The fourth-order valence-corrected chi connectivity index (χ4v) is 1.04. The van der Waals surface area contributed by atoms with Crippen molar-refractivity contribution in [3.63, 3.8) is 0 Å². The van der Waals surface area contributed by atoms with Gasteiger partial charge in [-0.25, -0.2) is 13.1 Å². The first-order valence-electron chi connectivity index (χ1n) is 3.28. The average Bonchev–Trinajstić information content (AvgIpc) is 2.00. The summed E-state index contributed by atoms with van der Waals surface area (Å²) in [5.74, 6) is -0.0227. The lowest BCUT2D eigenvalue weighted by molar-refractivity contribution is 0.0988. The topological polar surface area (TPSA) is 86.6 Å². The lowest BCUT2D eigenvalue weighted by atomic mass is 10.4. The molecule has 0 aliphatic heterocycles. The van der Waals surface area contributed by atoms with Gasteiger partial charge in [0.05, 0.1) is 18.5 Å². The third-order valence-corrected chi connectivity index (χ3v) is 2.50. The maximum atomic E-state index is 10.7. The summed E-state index contributed by atoms with van der Waals surface area (Å²) in [6, 6.07) is 0. The molecule has 0 aromatic carbocycles. The van der Waals surface area contributed by atoms with Crippen LogP contribution >= 0.6 is 0 Å². The molecule has 0 fully saturated rings. The van der Waals surface area contributed by atoms with Gasteiger partial charge in [-0.3, -0.25) is 0 Å². The molecule has 6 heteroatoms. The Balaban J connectivity index is 3.71. The molecule has 1 unspecified atom stereocenters. The number of nitrogens with one attached hydrogen (secondary N) is 1. The highest BCUT2D eigenvalue weighted by molar-refractivity contribution is 7.89. The van der Waals surface area contributed by atoms with Crippen LogP contribution in [-0.4, -0.2) is 43.6 Å². The minimum Gasteiger partial charge on any atom is -0.394 e. The molecule has 3 N–H and O–H groups in total. The van der Waals surface area contributed by atoms with Gasteiger partial charge in [0.25, 0.3) is 0 Å². The van der Waals surface area contributed by atoms with Crippen LogP contribution in [0.5, 0.6) is 0 Å². The van der Waals surface area contributed by atoms with Gasteiger partial charge in [0.15, 0.2) is 0 Å². The summed E-state index contributed by atoms with van der Waals surface area (Å²) >= 11 is 0. The van der Waals surface area contributed by atoms with Crippen LogP contribution in [0.2, 0.25) is 0 Å². The van der Waals surface area contributed by atoms with E-state index in [1.165, 1.54) is 6.92 Å². The van der Waals surface area contributed by atoms with Gasteiger partial charge in [-0.2, -0.15) is 0 Å². The Bertz CT molecular complexity index is 189. The normalized spacial score (nSPS) is 14.8. The highest BCUT2D eigenvalue weighted by Gasteiger charge is 2.08. The van der Waals surface area contributed by atoms with E-state index in [0.29, 0.717) is 0 Å². The standard InChI is InChI=1S/C5H13NO4S/c1-2-11(9,10)6-3-5(8)4-7/h5-8H,2-4H2,1H3. The van der Waals surface area contributed by atoms with Crippen LogP contribution in [0.4, 0.5) is 0 Å². The van der Waals surface area contributed by atoms with Crippen molar-refractivity contribution in [1.82, 2.24) is 4.72 Å². The zero-order valence-electron chi connectivity index (χ0n) is 6.32. The lowest BCUT2D eigenvalue weighted by Gasteiger charge is -2.07. The van der Waals surface area contributed by atoms with E-state index in [1.54, 1.807) is 0 Å². The number of aliphatic hydroxyl groups is 2. The molecule has 0 amide bonds. The lowest BCUT2D eigenvalue weighted by Crippen LogP contribution is -2.34. The highest BCUT2D eigenvalue weighted by atomic mass is 32.2. The Morgan fingerprint density at radius 1 is 1.55 bits per heavy atom. The zero-order valence-corrected chi connectivity index (χ0v) is 7.13. The predicted molar refractivity (Wildman–Crippen MR) is 40.6 cm³/mol. The summed E-state index contributed by atoms with van der Waals surface area (Å²) in [5, 5.41) is 17.1. The van der Waals surface area contributed by atoms with Crippen molar-refractivity contribution in [1.29, 1.82) is 0 Å². The van der Waals surface area contributed by atoms with E-state index in [0.717, 1.165) is 0 Å². The van der Waals surface area contributed by atoms with Gasteiger partial charge < -0.3 is 10.2 Å². The largest absolute Gasteiger partial charge is 0.394 e. The molecule has 0 aliphatic carbocycles. The quantitative estimate of drug-likeness (QED) is 0.473. The van der Waals surface area contributed by atoms with E-state index in [2.05, 4.69) is 4.72 Å². The molecule has 0 bridgehead atoms. The minimum absolute atomic E-state index is 0.0227. The van der Waals surface area contributed by atoms with E-state index in [9.17, 15) is 8.42 Å². The SMILES string of the molecule is CCS(=O)(=O)NCC(O)CO. The van der Waals surface area contributed by atoms with Gasteiger partial charge in [0.2, 0.25) is 10.0 Å². The molecule has 0 aromatic heterocycles. The maximum absolute atomic E-state index is 10.7. The predicted octanol–water partition coefficient (Wildman–Crippen LogP) is -1.72. The van der Waals surface area contributed by atoms with Crippen LogP contribution < -0.4 is 4.72 Å². The van der Waals surface area contributed by atoms with Crippen LogP contribution in [0, 0.1) is 0 Å². The van der Waals surface area contributed by atoms with E-state index < -0.39 is 22.7 Å². The Kier molecular flexibility index (Phi) is 4.58. The number of hydrogen-bond donors (Lipinski definition) is 3. The molecule has 1 atom stereocenters. The fraction of sp³-hybridized carbons (Fsp3) is 1.00. The van der Waals surface area contributed by atoms with Gasteiger partial charge in [0, 0.05) is 6.54 Å². The number of sulfonamides is 1. The Hall–Kier alpha value is -0.170. The molecular formula is C5H13NO4S. The Morgan fingerprint density at radius 2 is 2.09 bits per heavy atom. The van der Waals surface area contributed by atoms with Gasteiger partial charge in [-0.05, 0) is 6.92 Å². The van der Waals surface area contributed by atoms with Crippen LogP contribution in [0.25, 0.3) is 0 Å².